The number of carboxylic acids is 1. The van der Waals surface area contributed by atoms with Crippen LogP contribution in [0.1, 0.15) is 65.7 Å². The molecule has 1 fully saturated rings. The van der Waals surface area contributed by atoms with Crippen LogP contribution in [0.4, 0.5) is 0 Å². The fourth-order valence-electron chi connectivity index (χ4n) is 2.67. The van der Waals surface area contributed by atoms with E-state index in [1.807, 2.05) is 0 Å². The molecule has 94 valence electrons. The Hall–Kier alpha value is -0.530. The number of aliphatic carboxylic acids is 1. The molecule has 0 radical (unpaired) electrons. The Bertz CT molecular complexity index is 227. The van der Waals surface area contributed by atoms with Crippen molar-refractivity contribution in [2.24, 2.45) is 17.3 Å². The minimum Gasteiger partial charge on any atom is -0.481 e. The lowest BCUT2D eigenvalue weighted by atomic mass is 9.79. The smallest absolute Gasteiger partial charge is 0.306 e. The zero-order valence-electron chi connectivity index (χ0n) is 11.0. The largest absolute Gasteiger partial charge is 0.481 e. The minimum atomic E-state index is -0.569. The molecule has 1 aliphatic rings. The zero-order valence-corrected chi connectivity index (χ0v) is 11.0. The number of rotatable bonds is 3. The first-order chi connectivity index (χ1) is 7.40. The Kier molecular flexibility index (Phi) is 4.82. The monoisotopic (exact) mass is 226 g/mol. The van der Waals surface area contributed by atoms with Gasteiger partial charge in [-0.15, -0.1) is 0 Å². The van der Waals surface area contributed by atoms with Crippen molar-refractivity contribution in [2.45, 2.75) is 65.7 Å². The molecule has 0 aromatic rings. The summed E-state index contributed by atoms with van der Waals surface area (Å²) in [5.74, 6) is -0.232. The van der Waals surface area contributed by atoms with Gasteiger partial charge in [0.15, 0.2) is 0 Å². The molecule has 2 heteroatoms. The highest BCUT2D eigenvalue weighted by Gasteiger charge is 2.29. The van der Waals surface area contributed by atoms with Gasteiger partial charge >= 0.3 is 5.97 Å². The third kappa shape index (κ3) is 4.54. The summed E-state index contributed by atoms with van der Waals surface area (Å²) in [4.78, 5) is 11.2. The highest BCUT2D eigenvalue weighted by Crippen LogP contribution is 2.35. The second kappa shape index (κ2) is 5.70. The van der Waals surface area contributed by atoms with Crippen molar-refractivity contribution in [2.75, 3.05) is 0 Å². The molecule has 0 amide bonds. The van der Waals surface area contributed by atoms with E-state index in [4.69, 9.17) is 0 Å². The van der Waals surface area contributed by atoms with Crippen LogP contribution in [0.5, 0.6) is 0 Å². The van der Waals surface area contributed by atoms with Crippen LogP contribution in [-0.4, -0.2) is 11.1 Å². The summed E-state index contributed by atoms with van der Waals surface area (Å²) in [6, 6.07) is 0. The van der Waals surface area contributed by atoms with Crippen molar-refractivity contribution in [1.29, 1.82) is 0 Å². The summed E-state index contributed by atoms with van der Waals surface area (Å²) < 4.78 is 0. The molecule has 0 spiro atoms. The summed E-state index contributed by atoms with van der Waals surface area (Å²) in [5, 5.41) is 9.26. The molecule has 2 nitrogen and oxygen atoms in total. The van der Waals surface area contributed by atoms with E-state index in [9.17, 15) is 9.90 Å². The molecule has 1 rings (SSSR count). The van der Waals surface area contributed by atoms with Crippen molar-refractivity contribution in [3.8, 4) is 0 Å². The van der Waals surface area contributed by atoms with E-state index in [2.05, 4.69) is 20.8 Å². The Labute approximate surface area is 99.4 Å². The second-order valence-corrected chi connectivity index (χ2v) is 6.44. The summed E-state index contributed by atoms with van der Waals surface area (Å²) in [6.07, 6.45) is 7.77. The molecular formula is C14H26O2. The summed E-state index contributed by atoms with van der Waals surface area (Å²) in [5.41, 5.74) is 0.329. The topological polar surface area (TPSA) is 37.3 Å². The second-order valence-electron chi connectivity index (χ2n) is 6.44. The fourth-order valence-corrected chi connectivity index (χ4v) is 2.67. The number of hydrogen-bond donors (Lipinski definition) is 1. The van der Waals surface area contributed by atoms with Gasteiger partial charge in [0.2, 0.25) is 0 Å². The first kappa shape index (κ1) is 13.5. The molecule has 16 heavy (non-hydrogen) atoms. The van der Waals surface area contributed by atoms with E-state index in [1.54, 1.807) is 0 Å². The van der Waals surface area contributed by atoms with Crippen molar-refractivity contribution in [3.63, 3.8) is 0 Å². The highest BCUT2D eigenvalue weighted by atomic mass is 16.4. The third-order valence-corrected chi connectivity index (χ3v) is 3.74. The van der Waals surface area contributed by atoms with Gasteiger partial charge in [0.25, 0.3) is 0 Å². The van der Waals surface area contributed by atoms with Gasteiger partial charge in [-0.1, -0.05) is 40.0 Å². The van der Waals surface area contributed by atoms with Gasteiger partial charge in [-0.3, -0.25) is 4.79 Å². The van der Waals surface area contributed by atoms with Crippen LogP contribution in [0.15, 0.2) is 0 Å². The molecule has 0 heterocycles. The first-order valence-electron chi connectivity index (χ1n) is 6.63. The van der Waals surface area contributed by atoms with E-state index in [0.717, 1.165) is 32.1 Å². The molecular weight excluding hydrogens is 200 g/mol. The quantitative estimate of drug-likeness (QED) is 0.736. The van der Waals surface area contributed by atoms with Crippen molar-refractivity contribution in [3.05, 3.63) is 0 Å². The molecule has 1 aliphatic carbocycles. The summed E-state index contributed by atoms with van der Waals surface area (Å²) >= 11 is 0. The van der Waals surface area contributed by atoms with Crippen LogP contribution in [0.25, 0.3) is 0 Å². The van der Waals surface area contributed by atoms with Gasteiger partial charge in [0.05, 0.1) is 5.92 Å². The van der Waals surface area contributed by atoms with Crippen molar-refractivity contribution in [1.82, 2.24) is 0 Å². The fraction of sp³-hybridized carbons (Fsp3) is 0.929. The molecule has 0 aromatic heterocycles. The van der Waals surface area contributed by atoms with Crippen LogP contribution in [0, 0.1) is 17.3 Å². The minimum absolute atomic E-state index is 0.0788. The lowest BCUT2D eigenvalue weighted by Crippen LogP contribution is -2.23. The number of carbonyl (C=O) groups is 1. The molecule has 0 aliphatic heterocycles. The van der Waals surface area contributed by atoms with Crippen LogP contribution in [0.3, 0.4) is 0 Å². The van der Waals surface area contributed by atoms with Crippen molar-refractivity contribution < 1.29 is 9.90 Å². The zero-order chi connectivity index (χ0) is 12.2. The molecule has 1 saturated carbocycles. The third-order valence-electron chi connectivity index (χ3n) is 3.74. The van der Waals surface area contributed by atoms with E-state index >= 15 is 0 Å². The average Bonchev–Trinajstić information content (AvgIpc) is 2.38. The molecule has 0 bridgehead atoms. The van der Waals surface area contributed by atoms with Gasteiger partial charge in [0, 0.05) is 0 Å². The van der Waals surface area contributed by atoms with Crippen LogP contribution < -0.4 is 0 Å². The van der Waals surface area contributed by atoms with Crippen LogP contribution in [0.2, 0.25) is 0 Å². The van der Waals surface area contributed by atoms with E-state index in [0.29, 0.717) is 11.3 Å². The SMILES string of the molecule is CC(C)(C)CCC1CCCCCC1C(=O)O. The molecule has 1 N–H and O–H groups in total. The summed E-state index contributed by atoms with van der Waals surface area (Å²) in [6.45, 7) is 6.71. The van der Waals surface area contributed by atoms with Crippen LogP contribution >= 0.6 is 0 Å². The Balaban J connectivity index is 2.54. The summed E-state index contributed by atoms with van der Waals surface area (Å²) in [7, 11) is 0. The Morgan fingerprint density at radius 3 is 2.38 bits per heavy atom. The van der Waals surface area contributed by atoms with E-state index in [-0.39, 0.29) is 5.92 Å². The lowest BCUT2D eigenvalue weighted by molar-refractivity contribution is -0.144. The predicted molar refractivity (Wildman–Crippen MR) is 66.4 cm³/mol. The van der Waals surface area contributed by atoms with Gasteiger partial charge < -0.3 is 5.11 Å². The van der Waals surface area contributed by atoms with Gasteiger partial charge in [0.1, 0.15) is 0 Å². The highest BCUT2D eigenvalue weighted by molar-refractivity contribution is 5.70. The Morgan fingerprint density at radius 2 is 1.81 bits per heavy atom. The maximum Gasteiger partial charge on any atom is 0.306 e. The predicted octanol–water partition coefficient (Wildman–Crippen LogP) is 4.09. The first-order valence-corrected chi connectivity index (χ1v) is 6.63. The van der Waals surface area contributed by atoms with E-state index in [1.165, 1.54) is 12.8 Å². The normalized spacial score (nSPS) is 27.4. The number of hydrogen-bond acceptors (Lipinski definition) is 1. The van der Waals surface area contributed by atoms with Crippen LogP contribution in [-0.2, 0) is 4.79 Å². The molecule has 0 aromatic carbocycles. The molecule has 2 atom stereocenters. The lowest BCUT2D eigenvalue weighted by Gasteiger charge is -2.25. The standard InChI is InChI=1S/C14H26O2/c1-14(2,3)10-9-11-7-5-4-6-8-12(11)13(15)16/h11-12H,4-10H2,1-3H3,(H,15,16). The van der Waals surface area contributed by atoms with Gasteiger partial charge in [-0.2, -0.15) is 0 Å². The molecule has 2 unspecified atom stereocenters. The number of carboxylic acid groups (broad SMARTS) is 1. The maximum atomic E-state index is 11.2. The Morgan fingerprint density at radius 1 is 1.19 bits per heavy atom. The van der Waals surface area contributed by atoms with Gasteiger partial charge in [-0.05, 0) is 37.0 Å². The van der Waals surface area contributed by atoms with Crippen molar-refractivity contribution >= 4 is 5.97 Å². The van der Waals surface area contributed by atoms with E-state index < -0.39 is 5.97 Å². The average molecular weight is 226 g/mol. The molecule has 0 saturated heterocycles. The maximum absolute atomic E-state index is 11.2. The van der Waals surface area contributed by atoms with Gasteiger partial charge in [-0.25, -0.2) is 0 Å².